The third-order valence-electron chi connectivity index (χ3n) is 14.0. The Morgan fingerprint density at radius 3 is 1.14 bits per heavy atom. The van der Waals surface area contributed by atoms with Crippen molar-refractivity contribution in [3.63, 3.8) is 0 Å². The zero-order chi connectivity index (χ0) is 38.1. The van der Waals surface area contributed by atoms with Crippen molar-refractivity contribution in [2.24, 2.45) is 0 Å². The van der Waals surface area contributed by atoms with Crippen LogP contribution >= 0.6 is 24.8 Å². The molecule has 8 aromatic carbocycles. The molecular weight excluding hydrogens is 922 g/mol. The first-order valence-electron chi connectivity index (χ1n) is 21.7. The molecule has 294 valence electrons. The van der Waals surface area contributed by atoms with Crippen LogP contribution < -0.4 is 0 Å². The molecule has 1 aliphatic heterocycles. The van der Waals surface area contributed by atoms with Gasteiger partial charge in [-0.2, -0.15) is 0 Å². The second kappa shape index (κ2) is 16.3. The van der Waals surface area contributed by atoms with Crippen molar-refractivity contribution in [2.45, 2.75) is 68.1 Å². The first-order chi connectivity index (χ1) is 28.2. The van der Waals surface area contributed by atoms with E-state index in [2.05, 4.69) is 172 Å². The maximum Gasteiger partial charge on any atom is -0.147 e. The second-order valence-corrected chi connectivity index (χ2v) is 33.9. The fourth-order valence-electron chi connectivity index (χ4n) is 11.4. The van der Waals surface area contributed by atoms with Gasteiger partial charge in [0.05, 0.1) is 0 Å². The molecule has 59 heavy (non-hydrogen) atoms. The van der Waals surface area contributed by atoms with Crippen LogP contribution in [0.5, 0.6) is 0 Å². The Morgan fingerprint density at radius 1 is 0.441 bits per heavy atom. The Morgan fingerprint density at radius 2 is 0.797 bits per heavy atom. The molecule has 0 bridgehead atoms. The normalized spacial score (nSPS) is 17.3. The number of hydrogen-bond acceptors (Lipinski definition) is 0. The minimum absolute atomic E-state index is 0. The van der Waals surface area contributed by atoms with Crippen LogP contribution in [0.25, 0.3) is 77.5 Å². The monoisotopic (exact) mass is 974 g/mol. The van der Waals surface area contributed by atoms with E-state index in [9.17, 15) is 0 Å². The van der Waals surface area contributed by atoms with E-state index in [4.69, 9.17) is 0 Å². The van der Waals surface area contributed by atoms with E-state index < -0.39 is 20.0 Å². The van der Waals surface area contributed by atoms with Crippen LogP contribution in [0, 0.1) is 0 Å². The molecule has 0 spiro atoms. The summed E-state index contributed by atoms with van der Waals surface area (Å²) < 4.78 is 4.28. The van der Waals surface area contributed by atoms with Gasteiger partial charge in [-0.25, -0.2) is 0 Å². The molecule has 1 fully saturated rings. The third-order valence-corrected chi connectivity index (χ3v) is 33.1. The van der Waals surface area contributed by atoms with Gasteiger partial charge in [0.25, 0.3) is 0 Å². The van der Waals surface area contributed by atoms with Crippen LogP contribution in [-0.4, -0.2) is 0 Å². The Hall–Kier alpha value is -4.27. The SMILES string of the molecule is CCCCC1=Cc2c(-c3c4ccccc4cc4ccccc34)cccc2[CH]1[Hf]1([CH]2C(CCCC)=Cc3c(-c4c5ccccc5cc5ccccc45)cccc32)[CH2][CH2]1.Cl.Cl. The first-order valence-corrected chi connectivity index (χ1v) is 30.9. The van der Waals surface area contributed by atoms with Crippen LogP contribution in [0.4, 0.5) is 0 Å². The summed E-state index contributed by atoms with van der Waals surface area (Å²) in [5.41, 5.74) is 15.6. The number of benzene rings is 8. The molecule has 2 atom stereocenters. The number of fused-ring (bicyclic) bond motifs is 6. The van der Waals surface area contributed by atoms with Gasteiger partial charge in [-0.05, 0) is 0 Å². The molecule has 11 rings (SSSR count). The quantitative estimate of drug-likeness (QED) is 0.0946. The van der Waals surface area contributed by atoms with E-state index in [1.807, 2.05) is 0 Å². The third kappa shape index (κ3) is 6.50. The van der Waals surface area contributed by atoms with Gasteiger partial charge in [0.1, 0.15) is 0 Å². The Bertz CT molecular complexity index is 2660. The number of allylic oxidation sites excluding steroid dienone is 2. The van der Waals surface area contributed by atoms with E-state index in [1.54, 1.807) is 22.3 Å². The van der Waals surface area contributed by atoms with E-state index in [-0.39, 0.29) is 24.8 Å². The minimum atomic E-state index is -3.17. The molecular formula is C56H52Cl2Hf. The van der Waals surface area contributed by atoms with E-state index in [0.717, 1.165) is 0 Å². The molecule has 2 unspecified atom stereocenters. The molecule has 0 aromatic heterocycles. The van der Waals surface area contributed by atoms with Crippen molar-refractivity contribution >= 4 is 80.1 Å². The molecule has 0 N–H and O–H groups in total. The molecule has 8 aromatic rings. The Kier molecular flexibility index (Phi) is 11.1. The van der Waals surface area contributed by atoms with Crippen LogP contribution in [0.1, 0.15) is 82.0 Å². The average Bonchev–Trinajstić information content (AvgIpc) is 3.79. The van der Waals surface area contributed by atoms with Crippen LogP contribution in [0.15, 0.2) is 157 Å². The van der Waals surface area contributed by atoms with E-state index in [1.165, 1.54) is 123 Å². The topological polar surface area (TPSA) is 0 Å². The van der Waals surface area contributed by atoms with Gasteiger partial charge >= 0.3 is 345 Å². The summed E-state index contributed by atoms with van der Waals surface area (Å²) >= 11 is -3.17. The summed E-state index contributed by atoms with van der Waals surface area (Å²) in [5.74, 6) is 0. The molecule has 3 heteroatoms. The Labute approximate surface area is 366 Å². The zero-order valence-corrected chi connectivity index (χ0v) is 39.4. The van der Waals surface area contributed by atoms with Gasteiger partial charge in [-0.15, -0.1) is 24.8 Å². The van der Waals surface area contributed by atoms with Crippen molar-refractivity contribution < 1.29 is 20.0 Å². The summed E-state index contributed by atoms with van der Waals surface area (Å²) in [6, 6.07) is 55.9. The van der Waals surface area contributed by atoms with Gasteiger partial charge < -0.3 is 0 Å². The predicted molar refractivity (Wildman–Crippen MR) is 258 cm³/mol. The van der Waals surface area contributed by atoms with Gasteiger partial charge in [0, 0.05) is 0 Å². The van der Waals surface area contributed by atoms with Crippen LogP contribution in [-0.2, 0) is 20.0 Å². The molecule has 3 aliphatic rings. The molecule has 0 saturated carbocycles. The van der Waals surface area contributed by atoms with Gasteiger partial charge in [0.15, 0.2) is 0 Å². The van der Waals surface area contributed by atoms with Crippen molar-refractivity contribution in [2.75, 3.05) is 0 Å². The smallest absolute Gasteiger partial charge is 0.147 e. The van der Waals surface area contributed by atoms with Crippen LogP contribution in [0.2, 0.25) is 8.35 Å². The fraction of sp³-hybridized carbons (Fsp3) is 0.214. The van der Waals surface area contributed by atoms with Crippen LogP contribution in [0.3, 0.4) is 0 Å². The van der Waals surface area contributed by atoms with E-state index >= 15 is 0 Å². The number of rotatable bonds is 10. The van der Waals surface area contributed by atoms with Crippen molar-refractivity contribution in [3.05, 3.63) is 179 Å². The van der Waals surface area contributed by atoms with Crippen molar-refractivity contribution in [1.29, 1.82) is 0 Å². The molecule has 0 radical (unpaired) electrons. The molecule has 1 heterocycles. The molecule has 1 saturated heterocycles. The molecule has 0 amide bonds. The minimum Gasteiger partial charge on any atom is -0.147 e. The largest absolute Gasteiger partial charge is 0.147 e. The number of hydrogen-bond donors (Lipinski definition) is 0. The van der Waals surface area contributed by atoms with Gasteiger partial charge in [0.2, 0.25) is 0 Å². The van der Waals surface area contributed by atoms with Crippen molar-refractivity contribution in [3.8, 4) is 22.3 Å². The first kappa shape index (κ1) is 40.2. The van der Waals surface area contributed by atoms with Gasteiger partial charge in [-0.3, -0.25) is 0 Å². The number of unbranched alkanes of at least 4 members (excludes halogenated alkanes) is 2. The summed E-state index contributed by atoms with van der Waals surface area (Å²) in [6.45, 7) is 4.75. The summed E-state index contributed by atoms with van der Waals surface area (Å²) in [5, 5.41) is 10.8. The Balaban J connectivity index is 0.00000224. The summed E-state index contributed by atoms with van der Waals surface area (Å²) in [6.07, 6.45) is 12.9. The standard InChI is InChI=1S/2C27H23.C2H4.2ClH.Hf/c2*1-2-3-9-19-16-20-12-8-15-25(26(20)17-19)27-23-13-6-4-10-21(23)18-22-11-5-7-14-24(22)27;1-2;;;/h2*4-8,10-18H,2-3,9H2,1H3;1-2H2;2*1H;. The second-order valence-electron chi connectivity index (χ2n) is 17.2. The van der Waals surface area contributed by atoms with Gasteiger partial charge in [-0.1, -0.05) is 0 Å². The summed E-state index contributed by atoms with van der Waals surface area (Å²) in [4.78, 5) is 0. The fourth-order valence-corrected chi connectivity index (χ4v) is 39.5. The maximum atomic E-state index is 2.73. The number of halogens is 2. The maximum absolute atomic E-state index is 3.17. The average molecular weight is 974 g/mol. The molecule has 2 aliphatic carbocycles. The predicted octanol–water partition coefficient (Wildman–Crippen LogP) is 17.4. The zero-order valence-electron chi connectivity index (χ0n) is 34.1. The van der Waals surface area contributed by atoms with E-state index in [0.29, 0.717) is 7.35 Å². The summed E-state index contributed by atoms with van der Waals surface area (Å²) in [7, 11) is 0. The molecule has 0 nitrogen and oxygen atoms in total. The van der Waals surface area contributed by atoms with Crippen molar-refractivity contribution in [1.82, 2.24) is 0 Å².